The number of hydrogen-bond donors (Lipinski definition) is 1. The zero-order chi connectivity index (χ0) is 20.4. The summed E-state index contributed by atoms with van der Waals surface area (Å²) in [6.45, 7) is 8.98. The normalized spacial score (nSPS) is 43.3. The predicted octanol–water partition coefficient (Wildman–Crippen LogP) is 2.02. The van der Waals surface area contributed by atoms with Crippen molar-refractivity contribution in [2.24, 2.45) is 0 Å². The molecule has 1 aromatic rings. The number of benzene rings is 1. The van der Waals surface area contributed by atoms with Crippen molar-refractivity contribution in [3.63, 3.8) is 0 Å². The van der Waals surface area contributed by atoms with Crippen molar-refractivity contribution in [2.75, 3.05) is 6.54 Å². The summed E-state index contributed by atoms with van der Waals surface area (Å²) < 4.78 is 31.1. The van der Waals surface area contributed by atoms with Crippen LogP contribution in [0.1, 0.15) is 39.7 Å². The molecule has 4 saturated heterocycles. The van der Waals surface area contributed by atoms with Crippen LogP contribution in [0.3, 0.4) is 0 Å². The molecule has 7 heteroatoms. The van der Waals surface area contributed by atoms with E-state index in [9.17, 15) is 5.11 Å². The molecule has 0 saturated carbocycles. The molecule has 0 amide bonds. The third kappa shape index (κ3) is 3.74. The van der Waals surface area contributed by atoms with Crippen molar-refractivity contribution in [1.29, 1.82) is 0 Å². The van der Waals surface area contributed by atoms with Crippen LogP contribution >= 0.6 is 0 Å². The van der Waals surface area contributed by atoms with Crippen LogP contribution in [-0.2, 0) is 30.2 Å². The summed E-state index contributed by atoms with van der Waals surface area (Å²) >= 11 is 0. The van der Waals surface area contributed by atoms with Crippen LogP contribution in [-0.4, -0.2) is 71.0 Å². The molecule has 4 fully saturated rings. The standard InChI is InChI=1S/C22H31NO6/c1-21(2)26-17-16(25-20-19(18(17)27-21)28-22(3,4)29-20)15-10-14(24)12-23(15)11-13-8-6-5-7-9-13/h5-9,14-20,24H,10-12H2,1-4H3/t14-,15+,16+,17-,18-,19+,20+/m0/s1. The molecule has 0 aromatic heterocycles. The van der Waals surface area contributed by atoms with Gasteiger partial charge in [-0.15, -0.1) is 0 Å². The van der Waals surface area contributed by atoms with Crippen molar-refractivity contribution in [3.8, 4) is 0 Å². The van der Waals surface area contributed by atoms with Gasteiger partial charge in [0, 0.05) is 19.1 Å². The fourth-order valence-electron chi connectivity index (χ4n) is 5.20. The van der Waals surface area contributed by atoms with Gasteiger partial charge in [-0.2, -0.15) is 0 Å². The molecule has 0 radical (unpaired) electrons. The smallest absolute Gasteiger partial charge is 0.190 e. The third-order valence-corrected chi connectivity index (χ3v) is 6.23. The van der Waals surface area contributed by atoms with Gasteiger partial charge in [-0.1, -0.05) is 30.3 Å². The highest BCUT2D eigenvalue weighted by atomic mass is 16.9. The molecule has 160 valence electrons. The van der Waals surface area contributed by atoms with E-state index in [1.165, 1.54) is 5.56 Å². The van der Waals surface area contributed by atoms with E-state index < -0.39 is 24.0 Å². The molecule has 1 aromatic carbocycles. The molecule has 0 unspecified atom stereocenters. The van der Waals surface area contributed by atoms with Gasteiger partial charge in [0.1, 0.15) is 24.4 Å². The first-order valence-corrected chi connectivity index (χ1v) is 10.5. The van der Waals surface area contributed by atoms with E-state index in [0.29, 0.717) is 13.0 Å². The number of likely N-dealkylation sites (tertiary alicyclic amines) is 1. The van der Waals surface area contributed by atoms with Crippen molar-refractivity contribution >= 4 is 0 Å². The fraction of sp³-hybridized carbons (Fsp3) is 0.727. The average Bonchev–Trinajstić information content (AvgIpc) is 3.26. The van der Waals surface area contributed by atoms with E-state index in [0.717, 1.165) is 6.54 Å². The molecule has 0 aliphatic carbocycles. The van der Waals surface area contributed by atoms with E-state index in [-0.39, 0.29) is 30.5 Å². The van der Waals surface area contributed by atoms with E-state index in [1.807, 2.05) is 45.9 Å². The van der Waals surface area contributed by atoms with Crippen LogP contribution in [0.25, 0.3) is 0 Å². The SMILES string of the molecule is CC1(C)O[C@@H]2[C@H](O1)[C@H]1OC(C)(C)O[C@H]1O[C@@H]2[C@H]1C[C@H](O)CN1Cc1ccccc1. The molecule has 4 heterocycles. The number of ether oxygens (including phenoxy) is 5. The Hall–Kier alpha value is -1.06. The zero-order valence-corrected chi connectivity index (χ0v) is 17.5. The molecular weight excluding hydrogens is 374 g/mol. The lowest BCUT2D eigenvalue weighted by molar-refractivity contribution is -0.245. The highest BCUT2D eigenvalue weighted by Gasteiger charge is 2.62. The predicted molar refractivity (Wildman–Crippen MR) is 104 cm³/mol. The minimum absolute atomic E-state index is 0.00321. The lowest BCUT2D eigenvalue weighted by atomic mass is 9.92. The maximum atomic E-state index is 10.5. The van der Waals surface area contributed by atoms with Gasteiger partial charge >= 0.3 is 0 Å². The van der Waals surface area contributed by atoms with E-state index >= 15 is 0 Å². The Balaban J connectivity index is 1.42. The summed E-state index contributed by atoms with van der Waals surface area (Å²) in [7, 11) is 0. The van der Waals surface area contributed by atoms with Gasteiger partial charge < -0.3 is 28.8 Å². The highest BCUT2D eigenvalue weighted by Crippen LogP contribution is 2.46. The molecular formula is C22H31NO6. The van der Waals surface area contributed by atoms with Crippen LogP contribution in [0.15, 0.2) is 30.3 Å². The first kappa shape index (κ1) is 19.9. The van der Waals surface area contributed by atoms with Crippen molar-refractivity contribution in [2.45, 2.75) is 95.1 Å². The Morgan fingerprint density at radius 3 is 2.24 bits per heavy atom. The van der Waals surface area contributed by atoms with Gasteiger partial charge in [0.25, 0.3) is 0 Å². The second kappa shape index (κ2) is 6.99. The van der Waals surface area contributed by atoms with Crippen LogP contribution in [0, 0.1) is 0 Å². The average molecular weight is 405 g/mol. The topological polar surface area (TPSA) is 69.6 Å². The summed E-state index contributed by atoms with van der Waals surface area (Å²) in [5, 5.41) is 10.5. The number of fused-ring (bicyclic) bond motifs is 3. The van der Waals surface area contributed by atoms with Crippen LogP contribution < -0.4 is 0 Å². The Kier molecular flexibility index (Phi) is 4.79. The van der Waals surface area contributed by atoms with Gasteiger partial charge in [0.05, 0.1) is 6.10 Å². The van der Waals surface area contributed by atoms with Crippen molar-refractivity contribution < 1.29 is 28.8 Å². The summed E-state index contributed by atoms with van der Waals surface area (Å²) in [6.07, 6.45) is -1.43. The molecule has 0 bridgehead atoms. The zero-order valence-electron chi connectivity index (χ0n) is 17.5. The minimum Gasteiger partial charge on any atom is -0.392 e. The lowest BCUT2D eigenvalue weighted by Gasteiger charge is -2.42. The number of aliphatic hydroxyl groups is 1. The molecule has 1 N–H and O–H groups in total. The van der Waals surface area contributed by atoms with Crippen LogP contribution in [0.2, 0.25) is 0 Å². The summed E-state index contributed by atoms with van der Waals surface area (Å²) in [5.74, 6) is -1.45. The molecule has 4 aliphatic heterocycles. The Morgan fingerprint density at radius 2 is 1.52 bits per heavy atom. The van der Waals surface area contributed by atoms with Crippen molar-refractivity contribution in [3.05, 3.63) is 35.9 Å². The second-order valence-corrected chi connectivity index (χ2v) is 9.51. The first-order valence-electron chi connectivity index (χ1n) is 10.5. The Bertz CT molecular complexity index is 740. The summed E-state index contributed by atoms with van der Waals surface area (Å²) in [5.41, 5.74) is 1.21. The van der Waals surface area contributed by atoms with Gasteiger partial charge in [-0.05, 0) is 39.7 Å². The monoisotopic (exact) mass is 405 g/mol. The number of rotatable bonds is 3. The number of β-amino-alcohol motifs (C(OH)–C–C–N with tert-alkyl or cyclic N) is 1. The van der Waals surface area contributed by atoms with E-state index in [4.69, 9.17) is 23.7 Å². The van der Waals surface area contributed by atoms with Crippen LogP contribution in [0.5, 0.6) is 0 Å². The van der Waals surface area contributed by atoms with Gasteiger partial charge in [0.2, 0.25) is 0 Å². The Morgan fingerprint density at radius 1 is 0.897 bits per heavy atom. The van der Waals surface area contributed by atoms with E-state index in [2.05, 4.69) is 17.0 Å². The molecule has 5 rings (SSSR count). The van der Waals surface area contributed by atoms with Gasteiger partial charge in [-0.25, -0.2) is 0 Å². The molecule has 4 aliphatic rings. The summed E-state index contributed by atoms with van der Waals surface area (Å²) in [6, 6.07) is 10.3. The third-order valence-electron chi connectivity index (χ3n) is 6.23. The minimum atomic E-state index is -0.732. The van der Waals surface area contributed by atoms with Gasteiger partial charge in [-0.3, -0.25) is 4.90 Å². The van der Waals surface area contributed by atoms with Crippen molar-refractivity contribution in [1.82, 2.24) is 4.90 Å². The lowest BCUT2D eigenvalue weighted by Crippen LogP contribution is -2.60. The fourth-order valence-corrected chi connectivity index (χ4v) is 5.20. The quantitative estimate of drug-likeness (QED) is 0.825. The molecule has 29 heavy (non-hydrogen) atoms. The molecule has 7 atom stereocenters. The number of nitrogens with zero attached hydrogens (tertiary/aromatic N) is 1. The first-order chi connectivity index (χ1) is 13.7. The summed E-state index contributed by atoms with van der Waals surface area (Å²) in [4.78, 5) is 2.29. The largest absolute Gasteiger partial charge is 0.392 e. The molecule has 0 spiro atoms. The van der Waals surface area contributed by atoms with Gasteiger partial charge in [0.15, 0.2) is 17.9 Å². The van der Waals surface area contributed by atoms with Crippen LogP contribution in [0.4, 0.5) is 0 Å². The highest BCUT2D eigenvalue weighted by molar-refractivity contribution is 5.16. The maximum Gasteiger partial charge on any atom is 0.190 e. The number of hydrogen-bond acceptors (Lipinski definition) is 7. The number of aliphatic hydroxyl groups excluding tert-OH is 1. The second-order valence-electron chi connectivity index (χ2n) is 9.51. The molecule has 7 nitrogen and oxygen atoms in total. The Labute approximate surface area is 171 Å². The maximum absolute atomic E-state index is 10.5. The van der Waals surface area contributed by atoms with E-state index in [1.54, 1.807) is 0 Å².